The number of benzene rings is 3. The molecule has 1 heterocycles. The van der Waals surface area contributed by atoms with E-state index < -0.39 is 0 Å². The first-order chi connectivity index (χ1) is 12.7. The van der Waals surface area contributed by atoms with Crippen LogP contribution >= 0.6 is 11.6 Å². The van der Waals surface area contributed by atoms with Crippen molar-refractivity contribution in [2.45, 2.75) is 18.6 Å². The number of hydrogen-bond donors (Lipinski definition) is 2. The van der Waals surface area contributed by atoms with Gasteiger partial charge in [-0.05, 0) is 29.3 Å². The summed E-state index contributed by atoms with van der Waals surface area (Å²) >= 11 is 5.99. The summed E-state index contributed by atoms with van der Waals surface area (Å²) in [6.07, 6.45) is 0.531. The lowest BCUT2D eigenvalue weighted by Gasteiger charge is -2.30. The van der Waals surface area contributed by atoms with E-state index in [1.807, 2.05) is 42.5 Å². The third-order valence-electron chi connectivity index (χ3n) is 4.63. The Morgan fingerprint density at radius 2 is 1.54 bits per heavy atom. The molecule has 3 nitrogen and oxygen atoms in total. The summed E-state index contributed by atoms with van der Waals surface area (Å²) in [5, 5.41) is 14.5. The van der Waals surface area contributed by atoms with Crippen LogP contribution in [0.4, 0.5) is 0 Å². The first-order valence-electron chi connectivity index (χ1n) is 8.62. The van der Waals surface area contributed by atoms with Crippen LogP contribution < -0.4 is 5.32 Å². The van der Waals surface area contributed by atoms with Gasteiger partial charge >= 0.3 is 0 Å². The molecule has 130 valence electrons. The summed E-state index contributed by atoms with van der Waals surface area (Å²) in [4.78, 5) is 4.89. The molecule has 1 aliphatic rings. The average Bonchev–Trinajstić information content (AvgIpc) is 2.69. The third kappa shape index (κ3) is 3.50. The number of nitrogens with one attached hydrogen (secondary N) is 1. The largest absolute Gasteiger partial charge is 0.507 e. The molecule has 0 radical (unpaired) electrons. The fourth-order valence-electron chi connectivity index (χ4n) is 3.32. The van der Waals surface area contributed by atoms with Gasteiger partial charge in [0.1, 0.15) is 11.9 Å². The Hall–Kier alpha value is -2.62. The van der Waals surface area contributed by atoms with Gasteiger partial charge in [-0.3, -0.25) is 10.3 Å². The summed E-state index contributed by atoms with van der Waals surface area (Å²) in [6, 6.07) is 25.8. The van der Waals surface area contributed by atoms with Crippen molar-refractivity contribution in [3.8, 4) is 5.75 Å². The molecule has 0 spiro atoms. The van der Waals surface area contributed by atoms with E-state index in [2.05, 4.69) is 29.6 Å². The molecule has 4 rings (SSSR count). The number of phenolic OH excluding ortho intramolecular Hbond substituents is 1. The van der Waals surface area contributed by atoms with Gasteiger partial charge in [-0.15, -0.1) is 0 Å². The number of halogens is 1. The van der Waals surface area contributed by atoms with Crippen LogP contribution in [0.15, 0.2) is 83.9 Å². The van der Waals surface area contributed by atoms with Gasteiger partial charge in [-0.25, -0.2) is 0 Å². The summed E-state index contributed by atoms with van der Waals surface area (Å²) in [7, 11) is 0. The van der Waals surface area contributed by atoms with Crippen LogP contribution in [-0.4, -0.2) is 10.8 Å². The van der Waals surface area contributed by atoms with E-state index in [0.717, 1.165) is 16.8 Å². The average molecular weight is 363 g/mol. The topological polar surface area (TPSA) is 44.6 Å². The van der Waals surface area contributed by atoms with Crippen LogP contribution in [0.3, 0.4) is 0 Å². The number of rotatable bonds is 3. The van der Waals surface area contributed by atoms with Crippen molar-refractivity contribution in [3.05, 3.63) is 101 Å². The molecule has 2 unspecified atom stereocenters. The Labute approximate surface area is 158 Å². The molecule has 3 aromatic carbocycles. The SMILES string of the molecule is Oc1cc(Cl)ccc1C1=NC(c2ccccc2)NC(c2ccccc2)C1. The zero-order valence-electron chi connectivity index (χ0n) is 14.1. The van der Waals surface area contributed by atoms with Gasteiger partial charge < -0.3 is 5.11 Å². The van der Waals surface area contributed by atoms with Gasteiger partial charge in [0.05, 0.1) is 5.71 Å². The normalized spacial score (nSPS) is 19.8. The van der Waals surface area contributed by atoms with Crippen LogP contribution in [0.1, 0.15) is 35.3 Å². The van der Waals surface area contributed by atoms with Crippen LogP contribution in [-0.2, 0) is 0 Å². The van der Waals surface area contributed by atoms with E-state index in [1.165, 1.54) is 5.56 Å². The minimum absolute atomic E-state index is 0.115. The molecule has 3 aromatic rings. The summed E-state index contributed by atoms with van der Waals surface area (Å²) < 4.78 is 0. The van der Waals surface area contributed by atoms with E-state index in [0.29, 0.717) is 11.4 Å². The smallest absolute Gasteiger partial charge is 0.126 e. The zero-order valence-corrected chi connectivity index (χ0v) is 14.9. The zero-order chi connectivity index (χ0) is 17.9. The van der Waals surface area contributed by atoms with Crippen molar-refractivity contribution >= 4 is 17.3 Å². The second-order valence-electron chi connectivity index (χ2n) is 6.38. The van der Waals surface area contributed by atoms with Gasteiger partial charge in [0, 0.05) is 23.0 Å². The van der Waals surface area contributed by atoms with E-state index in [9.17, 15) is 5.11 Å². The molecule has 2 N–H and O–H groups in total. The highest BCUT2D eigenvalue weighted by molar-refractivity contribution is 6.30. The molecular formula is C22H19ClN2O. The number of aromatic hydroxyl groups is 1. The molecule has 0 saturated heterocycles. The molecule has 0 bridgehead atoms. The maximum Gasteiger partial charge on any atom is 0.126 e. The molecule has 0 amide bonds. The van der Waals surface area contributed by atoms with Crippen LogP contribution in [0.2, 0.25) is 5.02 Å². The Kier molecular flexibility index (Phi) is 4.74. The molecule has 26 heavy (non-hydrogen) atoms. The highest BCUT2D eigenvalue weighted by atomic mass is 35.5. The van der Waals surface area contributed by atoms with Crippen molar-refractivity contribution in [2.24, 2.45) is 4.99 Å². The molecule has 0 aromatic heterocycles. The molecule has 0 aliphatic carbocycles. The van der Waals surface area contributed by atoms with Gasteiger partial charge in [0.25, 0.3) is 0 Å². The number of hydrogen-bond acceptors (Lipinski definition) is 3. The maximum atomic E-state index is 10.4. The molecule has 0 fully saturated rings. The maximum absolute atomic E-state index is 10.4. The van der Waals surface area contributed by atoms with Gasteiger partial charge in [0.15, 0.2) is 0 Å². The van der Waals surface area contributed by atoms with Gasteiger partial charge in [-0.2, -0.15) is 0 Å². The van der Waals surface area contributed by atoms with Crippen molar-refractivity contribution in [1.82, 2.24) is 5.32 Å². The van der Waals surface area contributed by atoms with E-state index in [-0.39, 0.29) is 18.0 Å². The predicted molar refractivity (Wildman–Crippen MR) is 106 cm³/mol. The minimum atomic E-state index is -0.166. The highest BCUT2D eigenvalue weighted by Crippen LogP contribution is 2.33. The quantitative estimate of drug-likeness (QED) is 0.666. The first-order valence-corrected chi connectivity index (χ1v) is 9.00. The Morgan fingerprint density at radius 3 is 2.19 bits per heavy atom. The Morgan fingerprint density at radius 1 is 0.885 bits per heavy atom. The molecule has 1 aliphatic heterocycles. The second-order valence-corrected chi connectivity index (χ2v) is 6.82. The van der Waals surface area contributed by atoms with Crippen molar-refractivity contribution in [2.75, 3.05) is 0 Å². The Balaban J connectivity index is 1.76. The standard InChI is InChI=1S/C22H19ClN2O/c23-17-11-12-18(21(26)13-17)20-14-19(15-7-3-1-4-8-15)24-22(25-20)16-9-5-2-6-10-16/h1-13,19,22,24,26H,14H2. The summed E-state index contributed by atoms with van der Waals surface area (Å²) in [6.45, 7) is 0. The number of phenols is 1. The lowest BCUT2D eigenvalue weighted by atomic mass is 9.93. The summed E-state index contributed by atoms with van der Waals surface area (Å²) in [5.41, 5.74) is 3.91. The van der Waals surface area contributed by atoms with Crippen LogP contribution in [0.25, 0.3) is 0 Å². The fourth-order valence-corrected chi connectivity index (χ4v) is 3.49. The first kappa shape index (κ1) is 16.8. The van der Waals surface area contributed by atoms with Crippen molar-refractivity contribution in [1.29, 1.82) is 0 Å². The minimum Gasteiger partial charge on any atom is -0.507 e. The molecule has 4 heteroatoms. The van der Waals surface area contributed by atoms with Crippen LogP contribution in [0.5, 0.6) is 5.75 Å². The second kappa shape index (κ2) is 7.32. The Bertz CT molecular complexity index is 925. The van der Waals surface area contributed by atoms with E-state index in [4.69, 9.17) is 16.6 Å². The van der Waals surface area contributed by atoms with E-state index >= 15 is 0 Å². The molecule has 0 saturated carbocycles. The summed E-state index contributed by atoms with van der Waals surface area (Å²) in [5.74, 6) is 0.164. The predicted octanol–water partition coefficient (Wildman–Crippen LogP) is 5.27. The molecular weight excluding hydrogens is 344 g/mol. The molecule has 2 atom stereocenters. The third-order valence-corrected chi connectivity index (χ3v) is 4.86. The van der Waals surface area contributed by atoms with Crippen LogP contribution in [0, 0.1) is 0 Å². The number of aliphatic imine (C=N–C) groups is 1. The van der Waals surface area contributed by atoms with Gasteiger partial charge in [0.2, 0.25) is 0 Å². The number of nitrogens with zero attached hydrogens (tertiary/aromatic N) is 1. The lowest BCUT2D eigenvalue weighted by Crippen LogP contribution is -2.33. The highest BCUT2D eigenvalue weighted by Gasteiger charge is 2.26. The lowest BCUT2D eigenvalue weighted by molar-refractivity contribution is 0.439. The monoisotopic (exact) mass is 362 g/mol. The van der Waals surface area contributed by atoms with Gasteiger partial charge in [-0.1, -0.05) is 72.3 Å². The van der Waals surface area contributed by atoms with E-state index in [1.54, 1.807) is 12.1 Å². The van der Waals surface area contributed by atoms with Crippen molar-refractivity contribution < 1.29 is 5.11 Å². The van der Waals surface area contributed by atoms with Crippen molar-refractivity contribution in [3.63, 3.8) is 0 Å². The fraction of sp³-hybridized carbons (Fsp3) is 0.136.